The Balaban J connectivity index is 1.30. The molecule has 2 aromatic rings. The molecule has 1 aliphatic heterocycles. The summed E-state index contributed by atoms with van der Waals surface area (Å²) in [5, 5.41) is 4.26. The third kappa shape index (κ3) is 6.10. The lowest BCUT2D eigenvalue weighted by Crippen LogP contribution is -2.49. The number of aryl methyl sites for hydroxylation is 2. The van der Waals surface area contributed by atoms with Crippen LogP contribution in [0.2, 0.25) is 5.02 Å². The summed E-state index contributed by atoms with van der Waals surface area (Å²) >= 11 is 6.04. The van der Waals surface area contributed by atoms with Crippen LogP contribution in [-0.4, -0.2) is 53.0 Å². The molecule has 1 saturated carbocycles. The number of hydrogen-bond acceptors (Lipinski definition) is 5. The van der Waals surface area contributed by atoms with Gasteiger partial charge in [-0.15, -0.1) is 0 Å². The minimum Gasteiger partial charge on any atom is -0.353 e. The summed E-state index contributed by atoms with van der Waals surface area (Å²) in [6.07, 6.45) is 7.53. The fourth-order valence-corrected chi connectivity index (χ4v) is 4.71. The molecule has 1 aromatic heterocycles. The first-order valence-electron chi connectivity index (χ1n) is 11.5. The van der Waals surface area contributed by atoms with Crippen molar-refractivity contribution in [3.05, 3.63) is 46.6 Å². The predicted molar refractivity (Wildman–Crippen MR) is 126 cm³/mol. The molecule has 6 nitrogen and oxygen atoms in total. The molecule has 1 N–H and O–H groups in total. The van der Waals surface area contributed by atoms with Crippen molar-refractivity contribution in [2.75, 3.05) is 36.4 Å². The highest BCUT2D eigenvalue weighted by Crippen LogP contribution is 2.22. The maximum Gasteiger partial charge on any atom is 0.225 e. The third-order valence-corrected chi connectivity index (χ3v) is 6.49. The Morgan fingerprint density at radius 2 is 1.87 bits per heavy atom. The van der Waals surface area contributed by atoms with E-state index in [1.165, 1.54) is 32.1 Å². The molecule has 1 aromatic carbocycles. The first-order chi connectivity index (χ1) is 15.1. The van der Waals surface area contributed by atoms with Crippen LogP contribution >= 0.6 is 11.6 Å². The quantitative estimate of drug-likeness (QED) is 0.716. The van der Waals surface area contributed by atoms with Gasteiger partial charge in [-0.25, -0.2) is 4.98 Å². The number of carbonyl (C=O) groups excluding carboxylic acids is 1. The van der Waals surface area contributed by atoms with Gasteiger partial charge in [-0.2, -0.15) is 4.98 Å². The highest BCUT2D eigenvalue weighted by atomic mass is 35.5. The normalized spacial score (nSPS) is 17.6. The van der Waals surface area contributed by atoms with Gasteiger partial charge in [0.05, 0.1) is 0 Å². The Bertz CT molecular complexity index is 891. The predicted octanol–water partition coefficient (Wildman–Crippen LogP) is 4.46. The van der Waals surface area contributed by atoms with E-state index in [1.807, 2.05) is 42.2 Å². The van der Waals surface area contributed by atoms with Gasteiger partial charge in [0.15, 0.2) is 0 Å². The molecule has 2 aliphatic rings. The van der Waals surface area contributed by atoms with Crippen LogP contribution in [0.1, 0.15) is 49.8 Å². The van der Waals surface area contributed by atoms with Gasteiger partial charge in [0, 0.05) is 55.4 Å². The molecule has 0 atom stereocenters. The number of rotatable bonds is 6. The Kier molecular flexibility index (Phi) is 7.28. The molecule has 7 heteroatoms. The van der Waals surface area contributed by atoms with Gasteiger partial charge < -0.3 is 15.1 Å². The lowest BCUT2D eigenvalue weighted by molar-refractivity contribution is -0.131. The van der Waals surface area contributed by atoms with Gasteiger partial charge >= 0.3 is 0 Å². The summed E-state index contributed by atoms with van der Waals surface area (Å²) in [4.78, 5) is 26.3. The van der Waals surface area contributed by atoms with E-state index in [0.29, 0.717) is 12.5 Å². The summed E-state index contributed by atoms with van der Waals surface area (Å²) < 4.78 is 0. The standard InChI is InChI=1S/C24H32ClN5O/c1-18-16-22(28-24(26-18)27-21-8-3-2-4-9-21)29-12-14-30(15-13-29)23(31)11-10-19-6-5-7-20(25)17-19/h5-7,16-17,21H,2-4,8-15H2,1H3,(H,26,27,28). The van der Waals surface area contributed by atoms with Crippen molar-refractivity contribution in [1.29, 1.82) is 0 Å². The number of piperazine rings is 1. The van der Waals surface area contributed by atoms with Gasteiger partial charge in [0.25, 0.3) is 0 Å². The number of carbonyl (C=O) groups is 1. The van der Waals surface area contributed by atoms with Gasteiger partial charge in [0.2, 0.25) is 11.9 Å². The van der Waals surface area contributed by atoms with E-state index in [2.05, 4.69) is 15.2 Å². The maximum atomic E-state index is 12.7. The second-order valence-electron chi connectivity index (χ2n) is 8.67. The Morgan fingerprint density at radius 1 is 1.10 bits per heavy atom. The van der Waals surface area contributed by atoms with Crippen molar-refractivity contribution in [1.82, 2.24) is 14.9 Å². The maximum absolute atomic E-state index is 12.7. The monoisotopic (exact) mass is 441 g/mol. The summed E-state index contributed by atoms with van der Waals surface area (Å²) in [7, 11) is 0. The van der Waals surface area contributed by atoms with E-state index in [9.17, 15) is 4.79 Å². The summed E-state index contributed by atoms with van der Waals surface area (Å²) in [6, 6.07) is 10.3. The van der Waals surface area contributed by atoms with Crippen molar-refractivity contribution in [2.45, 2.75) is 57.9 Å². The summed E-state index contributed by atoms with van der Waals surface area (Å²) in [6.45, 7) is 5.06. The van der Waals surface area contributed by atoms with Crippen LogP contribution in [0.25, 0.3) is 0 Å². The number of nitrogens with one attached hydrogen (secondary N) is 1. The van der Waals surface area contributed by atoms with E-state index in [4.69, 9.17) is 16.6 Å². The molecule has 166 valence electrons. The molecule has 0 spiro atoms. The van der Waals surface area contributed by atoms with Crippen LogP contribution in [0.4, 0.5) is 11.8 Å². The minimum absolute atomic E-state index is 0.207. The van der Waals surface area contributed by atoms with Crippen molar-refractivity contribution in [2.24, 2.45) is 0 Å². The smallest absolute Gasteiger partial charge is 0.225 e. The first kappa shape index (κ1) is 21.9. The summed E-state index contributed by atoms with van der Waals surface area (Å²) in [5.41, 5.74) is 2.08. The second-order valence-corrected chi connectivity index (χ2v) is 9.10. The summed E-state index contributed by atoms with van der Waals surface area (Å²) in [5.74, 6) is 1.90. The number of halogens is 1. The lowest BCUT2D eigenvalue weighted by atomic mass is 9.96. The second kappa shape index (κ2) is 10.3. The molecular weight excluding hydrogens is 410 g/mol. The van der Waals surface area contributed by atoms with Crippen molar-refractivity contribution in [3.8, 4) is 0 Å². The van der Waals surface area contributed by atoms with Crippen LogP contribution in [0.3, 0.4) is 0 Å². The Morgan fingerprint density at radius 3 is 2.61 bits per heavy atom. The first-order valence-corrected chi connectivity index (χ1v) is 11.8. The van der Waals surface area contributed by atoms with Crippen LogP contribution < -0.4 is 10.2 Å². The largest absolute Gasteiger partial charge is 0.353 e. The average molecular weight is 442 g/mol. The van der Waals surface area contributed by atoms with E-state index in [0.717, 1.165) is 60.6 Å². The fourth-order valence-electron chi connectivity index (χ4n) is 4.49. The lowest BCUT2D eigenvalue weighted by Gasteiger charge is -2.35. The molecule has 0 bridgehead atoms. The average Bonchev–Trinajstić information content (AvgIpc) is 2.78. The number of benzene rings is 1. The van der Waals surface area contributed by atoms with Crippen LogP contribution in [0.5, 0.6) is 0 Å². The molecule has 1 amide bonds. The van der Waals surface area contributed by atoms with Crippen molar-refractivity contribution >= 4 is 29.3 Å². The SMILES string of the molecule is Cc1cc(N2CCN(C(=O)CCc3cccc(Cl)c3)CC2)nc(NC2CCCCC2)n1. The Hall–Kier alpha value is -2.34. The highest BCUT2D eigenvalue weighted by molar-refractivity contribution is 6.30. The number of hydrogen-bond donors (Lipinski definition) is 1. The van der Waals surface area contributed by atoms with E-state index in [-0.39, 0.29) is 5.91 Å². The van der Waals surface area contributed by atoms with Crippen LogP contribution in [0.15, 0.2) is 30.3 Å². The van der Waals surface area contributed by atoms with Crippen molar-refractivity contribution < 1.29 is 4.79 Å². The van der Waals surface area contributed by atoms with Crippen LogP contribution in [-0.2, 0) is 11.2 Å². The number of aromatic nitrogens is 2. The molecule has 1 saturated heterocycles. The zero-order valence-corrected chi connectivity index (χ0v) is 19.1. The molecule has 0 unspecified atom stereocenters. The third-order valence-electron chi connectivity index (χ3n) is 6.25. The topological polar surface area (TPSA) is 61.4 Å². The molecule has 2 heterocycles. The van der Waals surface area contributed by atoms with Gasteiger partial charge in [-0.05, 0) is 43.9 Å². The van der Waals surface area contributed by atoms with E-state index in [1.54, 1.807) is 0 Å². The number of nitrogens with zero attached hydrogens (tertiary/aromatic N) is 4. The molecular formula is C24H32ClN5O. The molecule has 0 radical (unpaired) electrons. The number of amides is 1. The van der Waals surface area contributed by atoms with Gasteiger partial charge in [-0.3, -0.25) is 4.79 Å². The highest BCUT2D eigenvalue weighted by Gasteiger charge is 2.23. The van der Waals surface area contributed by atoms with E-state index >= 15 is 0 Å². The fraction of sp³-hybridized carbons (Fsp3) is 0.542. The molecule has 1 aliphatic carbocycles. The van der Waals surface area contributed by atoms with Gasteiger partial charge in [-0.1, -0.05) is 43.0 Å². The Labute approximate surface area is 190 Å². The zero-order chi connectivity index (χ0) is 21.6. The minimum atomic E-state index is 0.207. The van der Waals surface area contributed by atoms with Crippen LogP contribution in [0, 0.1) is 6.92 Å². The molecule has 4 rings (SSSR count). The molecule has 31 heavy (non-hydrogen) atoms. The zero-order valence-electron chi connectivity index (χ0n) is 18.3. The number of anilines is 2. The van der Waals surface area contributed by atoms with Crippen molar-refractivity contribution in [3.63, 3.8) is 0 Å². The van der Waals surface area contributed by atoms with E-state index < -0.39 is 0 Å². The molecule has 2 fully saturated rings. The van der Waals surface area contributed by atoms with Gasteiger partial charge in [0.1, 0.15) is 5.82 Å².